The van der Waals surface area contributed by atoms with E-state index in [0.717, 1.165) is 32.9 Å². The molecule has 1 aromatic heterocycles. The molecule has 3 aromatic rings. The molecule has 3 nitrogen and oxygen atoms in total. The van der Waals surface area contributed by atoms with Gasteiger partial charge in [0.2, 0.25) is 0 Å². The predicted molar refractivity (Wildman–Crippen MR) is 96.4 cm³/mol. The summed E-state index contributed by atoms with van der Waals surface area (Å²) in [4.78, 5) is 17.9. The summed E-state index contributed by atoms with van der Waals surface area (Å²) in [7, 11) is 2.02. The van der Waals surface area contributed by atoms with Crippen LogP contribution in [0.2, 0.25) is 4.34 Å². The number of carbonyl (C=O) groups is 1. The summed E-state index contributed by atoms with van der Waals surface area (Å²) in [6, 6.07) is 15.9. The summed E-state index contributed by atoms with van der Waals surface area (Å²) in [6.45, 7) is 1.33. The zero-order chi connectivity index (χ0) is 16.0. The highest BCUT2D eigenvalue weighted by molar-refractivity contribution is 7.16. The summed E-state index contributed by atoms with van der Waals surface area (Å²) < 4.78 is 0.794. The van der Waals surface area contributed by atoms with Gasteiger partial charge in [-0.1, -0.05) is 35.9 Å². The molecular formula is C18H15ClN2OS. The third-order valence-electron chi connectivity index (χ3n) is 4.09. The van der Waals surface area contributed by atoms with Crippen molar-refractivity contribution in [1.29, 1.82) is 0 Å². The molecule has 23 heavy (non-hydrogen) atoms. The van der Waals surface area contributed by atoms with Crippen molar-refractivity contribution in [3.63, 3.8) is 0 Å². The minimum atomic E-state index is 0.0767. The maximum Gasteiger partial charge on any atom is 0.260 e. The summed E-state index contributed by atoms with van der Waals surface area (Å²) in [5.74, 6) is 0.0767. The first-order valence-corrected chi connectivity index (χ1v) is 8.59. The number of amides is 1. The van der Waals surface area contributed by atoms with E-state index in [9.17, 15) is 4.79 Å². The number of hydrogen-bond acceptors (Lipinski definition) is 3. The second-order valence-electron chi connectivity index (χ2n) is 5.78. The van der Waals surface area contributed by atoms with Gasteiger partial charge >= 0.3 is 0 Å². The monoisotopic (exact) mass is 342 g/mol. The third kappa shape index (κ3) is 2.53. The van der Waals surface area contributed by atoms with Crippen LogP contribution in [0.1, 0.15) is 15.2 Å². The number of rotatable bonds is 4. The number of anilines is 1. The van der Waals surface area contributed by atoms with Crippen LogP contribution >= 0.6 is 22.9 Å². The third-order valence-corrected chi connectivity index (χ3v) is 5.30. The lowest BCUT2D eigenvalue weighted by molar-refractivity contribution is 0.0977. The second-order valence-corrected chi connectivity index (χ2v) is 7.58. The normalized spacial score (nSPS) is 13.5. The maximum atomic E-state index is 12.8. The Labute approximate surface area is 143 Å². The fourth-order valence-corrected chi connectivity index (χ4v) is 4.28. The van der Waals surface area contributed by atoms with Gasteiger partial charge in [-0.25, -0.2) is 0 Å². The molecule has 0 bridgehead atoms. The summed E-state index contributed by atoms with van der Waals surface area (Å²) >= 11 is 7.56. The molecule has 0 N–H and O–H groups in total. The molecule has 0 fully saturated rings. The Hall–Kier alpha value is -1.88. The Morgan fingerprint density at radius 2 is 1.91 bits per heavy atom. The highest BCUT2D eigenvalue weighted by Crippen LogP contribution is 2.37. The maximum absolute atomic E-state index is 12.8. The Kier molecular flexibility index (Phi) is 3.60. The van der Waals surface area contributed by atoms with Crippen molar-refractivity contribution in [2.45, 2.75) is 6.54 Å². The average molecular weight is 343 g/mol. The highest BCUT2D eigenvalue weighted by Gasteiger charge is 2.29. The molecular weight excluding hydrogens is 328 g/mol. The van der Waals surface area contributed by atoms with Gasteiger partial charge in [0.25, 0.3) is 5.91 Å². The molecule has 1 amide bonds. The Morgan fingerprint density at radius 3 is 2.65 bits per heavy atom. The van der Waals surface area contributed by atoms with E-state index in [-0.39, 0.29) is 5.91 Å². The van der Waals surface area contributed by atoms with E-state index in [2.05, 4.69) is 17.0 Å². The summed E-state index contributed by atoms with van der Waals surface area (Å²) in [5.41, 5.74) is 1.80. The van der Waals surface area contributed by atoms with E-state index in [1.165, 1.54) is 4.88 Å². The zero-order valence-corrected chi connectivity index (χ0v) is 14.2. The lowest BCUT2D eigenvalue weighted by Gasteiger charge is -2.24. The van der Waals surface area contributed by atoms with Crippen LogP contribution in [-0.4, -0.2) is 24.5 Å². The molecule has 5 heteroatoms. The van der Waals surface area contributed by atoms with Gasteiger partial charge in [0.1, 0.15) is 0 Å². The Morgan fingerprint density at radius 1 is 1.13 bits per heavy atom. The first-order valence-electron chi connectivity index (χ1n) is 7.40. The van der Waals surface area contributed by atoms with Crippen LogP contribution < -0.4 is 4.90 Å². The minimum Gasteiger partial charge on any atom is -0.294 e. The lowest BCUT2D eigenvalue weighted by atomic mass is 10.1. The number of thiophene rings is 1. The minimum absolute atomic E-state index is 0.0767. The van der Waals surface area contributed by atoms with Crippen molar-refractivity contribution >= 4 is 45.3 Å². The van der Waals surface area contributed by atoms with Crippen molar-refractivity contribution < 1.29 is 4.79 Å². The number of carbonyl (C=O) groups excluding carboxylic acids is 1. The molecule has 1 aliphatic heterocycles. The average Bonchev–Trinajstić information content (AvgIpc) is 3.06. The van der Waals surface area contributed by atoms with E-state index in [1.54, 1.807) is 11.3 Å². The summed E-state index contributed by atoms with van der Waals surface area (Å²) in [5, 5.41) is 2.18. The Balaban J connectivity index is 1.61. The van der Waals surface area contributed by atoms with Gasteiger partial charge in [-0.2, -0.15) is 0 Å². The molecule has 116 valence electrons. The predicted octanol–water partition coefficient (Wildman–Crippen LogP) is 4.60. The van der Waals surface area contributed by atoms with Crippen LogP contribution in [0.4, 0.5) is 5.69 Å². The molecule has 0 atom stereocenters. The van der Waals surface area contributed by atoms with Crippen molar-refractivity contribution in [2.24, 2.45) is 0 Å². The summed E-state index contributed by atoms with van der Waals surface area (Å²) in [6.07, 6.45) is 0. The largest absolute Gasteiger partial charge is 0.294 e. The van der Waals surface area contributed by atoms with Crippen molar-refractivity contribution in [2.75, 3.05) is 18.6 Å². The lowest BCUT2D eigenvalue weighted by Crippen LogP contribution is -2.37. The smallest absolute Gasteiger partial charge is 0.260 e. The van der Waals surface area contributed by atoms with Gasteiger partial charge in [0.15, 0.2) is 0 Å². The SMILES string of the molecule is CN(Cc1ccc(Cl)s1)CN1C(=O)c2cccc3cccc1c23. The van der Waals surface area contributed by atoms with Crippen molar-refractivity contribution in [1.82, 2.24) is 4.90 Å². The number of halogens is 1. The Bertz CT molecular complexity index is 900. The van der Waals surface area contributed by atoms with Crippen LogP contribution in [0.3, 0.4) is 0 Å². The zero-order valence-electron chi connectivity index (χ0n) is 12.6. The van der Waals surface area contributed by atoms with Gasteiger partial charge in [-0.05, 0) is 36.7 Å². The molecule has 0 saturated carbocycles. The molecule has 0 aliphatic carbocycles. The van der Waals surface area contributed by atoms with Gasteiger partial charge < -0.3 is 0 Å². The molecule has 1 aliphatic rings. The molecule has 2 aromatic carbocycles. The number of nitrogens with zero attached hydrogens (tertiary/aromatic N) is 2. The first-order chi connectivity index (χ1) is 11.1. The van der Waals surface area contributed by atoms with Gasteiger partial charge in [-0.3, -0.25) is 14.6 Å². The molecule has 0 unspecified atom stereocenters. The molecule has 0 radical (unpaired) electrons. The molecule has 0 saturated heterocycles. The van der Waals surface area contributed by atoms with E-state index >= 15 is 0 Å². The standard InChI is InChI=1S/C18H15ClN2OS/c1-20(10-13-8-9-16(19)23-13)11-21-15-7-3-5-12-4-2-6-14(17(12)15)18(21)22/h2-9H,10-11H2,1H3. The first kappa shape index (κ1) is 14.7. The second kappa shape index (κ2) is 5.64. The fraction of sp³-hybridized carbons (Fsp3) is 0.167. The van der Waals surface area contributed by atoms with Crippen LogP contribution in [0, 0.1) is 0 Å². The highest BCUT2D eigenvalue weighted by atomic mass is 35.5. The van der Waals surface area contributed by atoms with Crippen molar-refractivity contribution in [3.05, 3.63) is 63.3 Å². The van der Waals surface area contributed by atoms with E-state index in [0.29, 0.717) is 6.67 Å². The van der Waals surface area contributed by atoms with E-state index < -0.39 is 0 Å². The van der Waals surface area contributed by atoms with Crippen LogP contribution in [0.25, 0.3) is 10.8 Å². The molecule has 4 rings (SSSR count). The van der Waals surface area contributed by atoms with Crippen LogP contribution in [0.5, 0.6) is 0 Å². The van der Waals surface area contributed by atoms with Crippen molar-refractivity contribution in [3.8, 4) is 0 Å². The molecule has 0 spiro atoms. The van der Waals surface area contributed by atoms with Gasteiger partial charge in [0, 0.05) is 22.4 Å². The van der Waals surface area contributed by atoms with Gasteiger partial charge in [0.05, 0.1) is 16.7 Å². The van der Waals surface area contributed by atoms with E-state index in [1.807, 2.05) is 48.3 Å². The quantitative estimate of drug-likeness (QED) is 0.691. The number of hydrogen-bond donors (Lipinski definition) is 0. The van der Waals surface area contributed by atoms with Crippen LogP contribution in [-0.2, 0) is 6.54 Å². The topological polar surface area (TPSA) is 23.6 Å². The molecule has 2 heterocycles. The van der Waals surface area contributed by atoms with E-state index in [4.69, 9.17) is 11.6 Å². The fourth-order valence-electron chi connectivity index (χ4n) is 3.11. The van der Waals surface area contributed by atoms with Crippen LogP contribution in [0.15, 0.2) is 48.5 Å². The number of benzene rings is 2. The van der Waals surface area contributed by atoms with Gasteiger partial charge in [-0.15, -0.1) is 11.3 Å².